The Morgan fingerprint density at radius 2 is 1.91 bits per heavy atom. The van der Waals surface area contributed by atoms with Crippen molar-refractivity contribution in [1.82, 2.24) is 14.7 Å². The molecule has 1 heterocycles. The van der Waals surface area contributed by atoms with E-state index in [1.165, 1.54) is 36.8 Å². The molecule has 0 N–H and O–H groups in total. The fraction of sp³-hybridized carbons (Fsp3) is 0.630. The molecule has 186 valence electrons. The van der Waals surface area contributed by atoms with Crippen LogP contribution in [0.4, 0.5) is 0 Å². The molecule has 2 fully saturated rings. The number of hydrogen-bond acceptors (Lipinski definition) is 5. The Kier molecular flexibility index (Phi) is 9.13. The number of hydrogen-bond donors (Lipinski definition) is 0. The van der Waals surface area contributed by atoms with Crippen LogP contribution in [0.15, 0.2) is 36.7 Å². The van der Waals surface area contributed by atoms with Gasteiger partial charge in [0, 0.05) is 38.6 Å². The molecule has 1 aromatic heterocycles. The lowest BCUT2D eigenvalue weighted by molar-refractivity contribution is -0.150. The maximum Gasteiger partial charge on any atom is 0.225 e. The highest BCUT2D eigenvalue weighted by Gasteiger charge is 2.28. The van der Waals surface area contributed by atoms with Crippen molar-refractivity contribution in [3.8, 4) is 11.1 Å². The molecule has 0 aliphatic heterocycles. The molecule has 2 aromatic rings. The SMILES string of the molecule is COC(CN(C(=O)CCOCCc1cccc(-c2cnn(CC3CC3)c2)c1)C1CCCC1)OC. The second-order valence-corrected chi connectivity index (χ2v) is 9.59. The van der Waals surface area contributed by atoms with Gasteiger partial charge in [0.15, 0.2) is 6.29 Å². The van der Waals surface area contributed by atoms with Gasteiger partial charge in [-0.3, -0.25) is 9.48 Å². The molecule has 2 saturated carbocycles. The summed E-state index contributed by atoms with van der Waals surface area (Å²) in [5.41, 5.74) is 3.58. The summed E-state index contributed by atoms with van der Waals surface area (Å²) in [7, 11) is 3.23. The lowest BCUT2D eigenvalue weighted by Crippen LogP contribution is -2.44. The minimum Gasteiger partial charge on any atom is -0.381 e. The maximum atomic E-state index is 12.9. The Morgan fingerprint density at radius 1 is 1.12 bits per heavy atom. The van der Waals surface area contributed by atoms with Crippen LogP contribution in [-0.4, -0.2) is 66.9 Å². The molecule has 1 aromatic carbocycles. The molecule has 0 spiro atoms. The predicted molar refractivity (Wildman–Crippen MR) is 131 cm³/mol. The van der Waals surface area contributed by atoms with Crippen LogP contribution in [0.2, 0.25) is 0 Å². The van der Waals surface area contributed by atoms with Crippen molar-refractivity contribution >= 4 is 5.91 Å². The topological polar surface area (TPSA) is 65.8 Å². The van der Waals surface area contributed by atoms with E-state index in [0.717, 1.165) is 37.3 Å². The molecule has 0 unspecified atom stereocenters. The normalized spacial score (nSPS) is 16.4. The Labute approximate surface area is 203 Å². The number of nitrogens with zero attached hydrogens (tertiary/aromatic N) is 3. The van der Waals surface area contributed by atoms with Crippen LogP contribution < -0.4 is 0 Å². The molecular formula is C27H39N3O4. The second kappa shape index (κ2) is 12.5. The molecule has 2 aliphatic carbocycles. The summed E-state index contributed by atoms with van der Waals surface area (Å²) in [6.07, 6.45) is 12.0. The van der Waals surface area contributed by atoms with Crippen molar-refractivity contribution in [2.75, 3.05) is 34.0 Å². The molecule has 0 saturated heterocycles. The van der Waals surface area contributed by atoms with Crippen molar-refractivity contribution in [2.24, 2.45) is 5.92 Å². The van der Waals surface area contributed by atoms with Gasteiger partial charge in [-0.2, -0.15) is 5.10 Å². The van der Waals surface area contributed by atoms with Gasteiger partial charge in [-0.05, 0) is 49.1 Å². The highest BCUT2D eigenvalue weighted by molar-refractivity contribution is 5.76. The summed E-state index contributed by atoms with van der Waals surface area (Å²) < 4.78 is 18.6. The minimum atomic E-state index is -0.390. The zero-order valence-corrected chi connectivity index (χ0v) is 20.7. The van der Waals surface area contributed by atoms with Crippen LogP contribution in [0.3, 0.4) is 0 Å². The van der Waals surface area contributed by atoms with Crippen molar-refractivity contribution in [3.05, 3.63) is 42.2 Å². The molecule has 34 heavy (non-hydrogen) atoms. The third-order valence-electron chi connectivity index (χ3n) is 6.99. The lowest BCUT2D eigenvalue weighted by Gasteiger charge is -2.31. The summed E-state index contributed by atoms with van der Waals surface area (Å²) >= 11 is 0. The number of benzene rings is 1. The monoisotopic (exact) mass is 469 g/mol. The van der Waals surface area contributed by atoms with Crippen molar-refractivity contribution in [1.29, 1.82) is 0 Å². The fourth-order valence-corrected chi connectivity index (χ4v) is 4.76. The highest BCUT2D eigenvalue weighted by Crippen LogP contribution is 2.31. The molecule has 1 amide bonds. The Balaban J connectivity index is 1.21. The molecule has 7 nitrogen and oxygen atoms in total. The van der Waals surface area contributed by atoms with Crippen molar-refractivity contribution in [3.63, 3.8) is 0 Å². The van der Waals surface area contributed by atoms with Gasteiger partial charge < -0.3 is 19.1 Å². The largest absolute Gasteiger partial charge is 0.381 e. The molecular weight excluding hydrogens is 430 g/mol. The van der Waals surface area contributed by atoms with E-state index in [1.54, 1.807) is 14.2 Å². The maximum absolute atomic E-state index is 12.9. The molecule has 0 bridgehead atoms. The first kappa shape index (κ1) is 24.9. The van der Waals surface area contributed by atoms with Gasteiger partial charge in [0.25, 0.3) is 0 Å². The number of ether oxygens (including phenoxy) is 3. The van der Waals surface area contributed by atoms with Crippen LogP contribution in [-0.2, 0) is 32.0 Å². The third-order valence-corrected chi connectivity index (χ3v) is 6.99. The number of carbonyl (C=O) groups is 1. The first-order valence-corrected chi connectivity index (χ1v) is 12.7. The van der Waals surface area contributed by atoms with Crippen molar-refractivity contribution < 1.29 is 19.0 Å². The number of rotatable bonds is 14. The highest BCUT2D eigenvalue weighted by atomic mass is 16.7. The molecule has 0 atom stereocenters. The summed E-state index contributed by atoms with van der Waals surface area (Å²) in [6, 6.07) is 8.85. The number of amides is 1. The van der Waals surface area contributed by atoms with Gasteiger partial charge in [0.05, 0.1) is 32.4 Å². The molecule has 4 rings (SSSR count). The van der Waals surface area contributed by atoms with E-state index < -0.39 is 6.29 Å². The quantitative estimate of drug-likeness (QED) is 0.305. The van der Waals surface area contributed by atoms with Crippen LogP contribution in [0.25, 0.3) is 11.1 Å². The average Bonchev–Trinajstić information content (AvgIpc) is 3.30. The average molecular weight is 470 g/mol. The van der Waals surface area contributed by atoms with Crippen LogP contribution in [0, 0.1) is 5.92 Å². The summed E-state index contributed by atoms with van der Waals surface area (Å²) in [6.45, 7) is 2.53. The van der Waals surface area contributed by atoms with E-state index in [1.807, 2.05) is 11.1 Å². The van der Waals surface area contributed by atoms with Crippen molar-refractivity contribution in [2.45, 2.75) is 70.2 Å². The molecule has 7 heteroatoms. The predicted octanol–water partition coefficient (Wildman–Crippen LogP) is 4.30. The zero-order valence-electron chi connectivity index (χ0n) is 20.7. The summed E-state index contributed by atoms with van der Waals surface area (Å²) in [5, 5.41) is 4.52. The van der Waals surface area contributed by atoms with Crippen LogP contribution >= 0.6 is 0 Å². The summed E-state index contributed by atoms with van der Waals surface area (Å²) in [4.78, 5) is 14.9. The minimum absolute atomic E-state index is 0.121. The van der Waals surface area contributed by atoms with Gasteiger partial charge in [-0.25, -0.2) is 0 Å². The molecule has 0 radical (unpaired) electrons. The first-order chi connectivity index (χ1) is 16.7. The van der Waals surface area contributed by atoms with Gasteiger partial charge in [-0.1, -0.05) is 37.1 Å². The van der Waals surface area contributed by atoms with E-state index in [2.05, 4.69) is 40.2 Å². The Morgan fingerprint density at radius 3 is 2.65 bits per heavy atom. The second-order valence-electron chi connectivity index (χ2n) is 9.59. The van der Waals surface area contributed by atoms with Crippen LogP contribution in [0.5, 0.6) is 0 Å². The van der Waals surface area contributed by atoms with E-state index in [-0.39, 0.29) is 11.9 Å². The number of carbonyl (C=O) groups excluding carboxylic acids is 1. The van der Waals surface area contributed by atoms with Crippen LogP contribution in [0.1, 0.15) is 50.5 Å². The fourth-order valence-electron chi connectivity index (χ4n) is 4.76. The van der Waals surface area contributed by atoms with Gasteiger partial charge >= 0.3 is 0 Å². The molecule has 2 aliphatic rings. The van der Waals surface area contributed by atoms with E-state index in [9.17, 15) is 4.79 Å². The smallest absolute Gasteiger partial charge is 0.225 e. The van der Waals surface area contributed by atoms with E-state index in [4.69, 9.17) is 14.2 Å². The zero-order chi connectivity index (χ0) is 23.8. The van der Waals surface area contributed by atoms with Gasteiger partial charge in [-0.15, -0.1) is 0 Å². The lowest BCUT2D eigenvalue weighted by atomic mass is 10.0. The summed E-state index contributed by atoms with van der Waals surface area (Å²) in [5.74, 6) is 0.936. The third kappa shape index (κ3) is 7.14. The van der Waals surface area contributed by atoms with E-state index in [0.29, 0.717) is 26.2 Å². The van der Waals surface area contributed by atoms with E-state index >= 15 is 0 Å². The van der Waals surface area contributed by atoms with Gasteiger partial charge in [0.2, 0.25) is 5.91 Å². The Bertz CT molecular complexity index is 901. The Hall–Kier alpha value is -2.22. The number of aromatic nitrogens is 2. The van der Waals surface area contributed by atoms with Gasteiger partial charge in [0.1, 0.15) is 0 Å². The first-order valence-electron chi connectivity index (χ1n) is 12.7. The number of methoxy groups -OCH3 is 2. The standard InChI is InChI=1S/C27H39N3O4/c1-32-27(33-2)20-30(25-8-3-4-9-25)26(31)13-15-34-14-12-21-6-5-7-23(16-21)24-17-28-29(19-24)18-22-10-11-22/h5-7,16-17,19,22,25,27H,3-4,8-15,18,20H2,1-2H3.